The first kappa shape index (κ1) is 13.3. The largest absolute Gasteiger partial charge is 0.465 e. The molecule has 90 valence electrons. The van der Waals surface area contributed by atoms with Gasteiger partial charge in [0.05, 0.1) is 29.5 Å². The van der Waals surface area contributed by atoms with Crippen LogP contribution in [-0.4, -0.2) is 18.6 Å². The van der Waals surface area contributed by atoms with Gasteiger partial charge in [-0.15, -0.1) is 0 Å². The number of carbonyl (C=O) groups is 1. The van der Waals surface area contributed by atoms with Crippen molar-refractivity contribution in [2.75, 3.05) is 12.4 Å². The molecule has 0 saturated heterocycles. The minimum absolute atomic E-state index is 0.383. The fraction of sp³-hybridized carbons (Fsp3) is 0.333. The highest BCUT2D eigenvalue weighted by Crippen LogP contribution is 2.26. The van der Waals surface area contributed by atoms with Crippen LogP contribution in [0.15, 0.2) is 18.2 Å². The molecule has 0 aromatic heterocycles. The smallest absolute Gasteiger partial charge is 0.337 e. The van der Waals surface area contributed by atoms with Crippen LogP contribution < -0.4 is 5.32 Å². The second-order valence-corrected chi connectivity index (χ2v) is 4.46. The SMILES string of the molecule is COC(=O)c1ccc(Cl)c(NC(C)(C)C#N)c1. The Kier molecular flexibility index (Phi) is 3.97. The lowest BCUT2D eigenvalue weighted by Crippen LogP contribution is -2.28. The molecule has 0 saturated carbocycles. The number of benzene rings is 1. The molecule has 0 atom stereocenters. The van der Waals surface area contributed by atoms with Crippen LogP contribution in [0.2, 0.25) is 5.02 Å². The first-order valence-electron chi connectivity index (χ1n) is 4.97. The number of carbonyl (C=O) groups excluding carboxylic acids is 1. The monoisotopic (exact) mass is 252 g/mol. The summed E-state index contributed by atoms with van der Waals surface area (Å²) in [5.74, 6) is -0.445. The van der Waals surface area contributed by atoms with Crippen LogP contribution in [0, 0.1) is 11.3 Å². The van der Waals surface area contributed by atoms with Gasteiger partial charge in [0.2, 0.25) is 0 Å². The van der Waals surface area contributed by atoms with Crippen molar-refractivity contribution in [2.24, 2.45) is 0 Å². The van der Waals surface area contributed by atoms with Crippen LogP contribution >= 0.6 is 11.6 Å². The molecule has 17 heavy (non-hydrogen) atoms. The second-order valence-electron chi connectivity index (χ2n) is 4.05. The number of nitrogens with zero attached hydrogens (tertiary/aromatic N) is 1. The number of hydrogen-bond donors (Lipinski definition) is 1. The van der Waals surface area contributed by atoms with E-state index in [0.717, 1.165) is 0 Å². The van der Waals surface area contributed by atoms with Crippen molar-refractivity contribution in [2.45, 2.75) is 19.4 Å². The molecular weight excluding hydrogens is 240 g/mol. The second kappa shape index (κ2) is 5.07. The summed E-state index contributed by atoms with van der Waals surface area (Å²) in [5, 5.41) is 12.3. The van der Waals surface area contributed by atoms with E-state index in [1.54, 1.807) is 32.0 Å². The summed E-state index contributed by atoms with van der Waals surface area (Å²) in [5.41, 5.74) is 0.146. The molecule has 1 N–H and O–H groups in total. The van der Waals surface area contributed by atoms with Gasteiger partial charge in [-0.05, 0) is 32.0 Å². The lowest BCUT2D eigenvalue weighted by molar-refractivity contribution is 0.0601. The van der Waals surface area contributed by atoms with Gasteiger partial charge in [0, 0.05) is 0 Å². The maximum absolute atomic E-state index is 11.4. The molecule has 1 aromatic carbocycles. The first-order chi connectivity index (χ1) is 7.89. The minimum atomic E-state index is -0.765. The Morgan fingerprint density at radius 1 is 1.53 bits per heavy atom. The summed E-state index contributed by atoms with van der Waals surface area (Å²) in [4.78, 5) is 11.4. The van der Waals surface area contributed by atoms with Crippen molar-refractivity contribution in [3.63, 3.8) is 0 Å². The zero-order chi connectivity index (χ0) is 13.1. The molecule has 0 unspecified atom stereocenters. The fourth-order valence-electron chi connectivity index (χ4n) is 1.23. The van der Waals surface area contributed by atoms with Gasteiger partial charge < -0.3 is 10.1 Å². The summed E-state index contributed by atoms with van der Waals surface area (Å²) in [6, 6.07) is 6.81. The van der Waals surface area contributed by atoms with E-state index >= 15 is 0 Å². The summed E-state index contributed by atoms with van der Waals surface area (Å²) < 4.78 is 4.61. The van der Waals surface area contributed by atoms with Crippen LogP contribution in [-0.2, 0) is 4.74 Å². The third-order valence-electron chi connectivity index (χ3n) is 2.11. The molecule has 5 heteroatoms. The van der Waals surface area contributed by atoms with E-state index < -0.39 is 11.5 Å². The van der Waals surface area contributed by atoms with E-state index in [1.807, 2.05) is 0 Å². The van der Waals surface area contributed by atoms with Gasteiger partial charge in [-0.1, -0.05) is 11.6 Å². The van der Waals surface area contributed by atoms with Crippen LogP contribution in [0.25, 0.3) is 0 Å². The fourth-order valence-corrected chi connectivity index (χ4v) is 1.40. The van der Waals surface area contributed by atoms with Gasteiger partial charge in [-0.2, -0.15) is 5.26 Å². The van der Waals surface area contributed by atoms with Crippen molar-refractivity contribution in [1.29, 1.82) is 5.26 Å². The Bertz CT molecular complexity index is 478. The highest BCUT2D eigenvalue weighted by molar-refractivity contribution is 6.33. The number of hydrogen-bond acceptors (Lipinski definition) is 4. The molecular formula is C12H13ClN2O2. The third-order valence-corrected chi connectivity index (χ3v) is 2.44. The molecule has 1 rings (SSSR count). The molecule has 0 amide bonds. The van der Waals surface area contributed by atoms with E-state index in [0.29, 0.717) is 16.3 Å². The maximum atomic E-state index is 11.4. The quantitative estimate of drug-likeness (QED) is 0.841. The highest BCUT2D eigenvalue weighted by atomic mass is 35.5. The van der Waals surface area contributed by atoms with E-state index in [-0.39, 0.29) is 0 Å². The van der Waals surface area contributed by atoms with Crippen LogP contribution in [0.4, 0.5) is 5.69 Å². The molecule has 0 spiro atoms. The maximum Gasteiger partial charge on any atom is 0.337 e. The standard InChI is InChI=1S/C12H13ClN2O2/c1-12(2,7-14)15-10-6-8(11(16)17-3)4-5-9(10)13/h4-6,15H,1-3H3. The predicted molar refractivity (Wildman–Crippen MR) is 66.1 cm³/mol. The number of esters is 1. The van der Waals surface area contributed by atoms with Gasteiger partial charge in [0.25, 0.3) is 0 Å². The van der Waals surface area contributed by atoms with Crippen molar-refractivity contribution in [3.8, 4) is 6.07 Å². The van der Waals surface area contributed by atoms with Gasteiger partial charge in [0.15, 0.2) is 0 Å². The van der Waals surface area contributed by atoms with E-state index in [9.17, 15) is 4.79 Å². The van der Waals surface area contributed by atoms with Gasteiger partial charge in [-0.3, -0.25) is 0 Å². The van der Waals surface area contributed by atoms with Gasteiger partial charge >= 0.3 is 5.97 Å². The summed E-state index contributed by atoms with van der Waals surface area (Å²) in [6.45, 7) is 3.43. The molecule has 0 heterocycles. The number of nitrogens with one attached hydrogen (secondary N) is 1. The number of ether oxygens (including phenoxy) is 1. The molecule has 0 aliphatic rings. The van der Waals surface area contributed by atoms with Crippen molar-refractivity contribution in [3.05, 3.63) is 28.8 Å². The number of nitriles is 1. The van der Waals surface area contributed by atoms with Crippen LogP contribution in [0.5, 0.6) is 0 Å². The molecule has 0 aliphatic heterocycles. The molecule has 1 aromatic rings. The Balaban J connectivity index is 3.08. The average molecular weight is 253 g/mol. The molecule has 0 aliphatic carbocycles. The van der Waals surface area contributed by atoms with Gasteiger partial charge in [0.1, 0.15) is 5.54 Å². The topological polar surface area (TPSA) is 62.1 Å². The van der Waals surface area contributed by atoms with Crippen LogP contribution in [0.3, 0.4) is 0 Å². The van der Waals surface area contributed by atoms with Crippen molar-refractivity contribution >= 4 is 23.3 Å². The van der Waals surface area contributed by atoms with Crippen molar-refractivity contribution < 1.29 is 9.53 Å². The number of anilines is 1. The Morgan fingerprint density at radius 3 is 2.71 bits per heavy atom. The molecule has 0 fully saturated rings. The lowest BCUT2D eigenvalue weighted by atomic mass is 10.1. The third kappa shape index (κ3) is 3.36. The first-order valence-corrected chi connectivity index (χ1v) is 5.35. The van der Waals surface area contributed by atoms with E-state index in [1.165, 1.54) is 7.11 Å². The zero-order valence-corrected chi connectivity index (χ0v) is 10.6. The lowest BCUT2D eigenvalue weighted by Gasteiger charge is -2.20. The zero-order valence-electron chi connectivity index (χ0n) is 9.87. The number of rotatable bonds is 3. The van der Waals surface area contributed by atoms with Crippen LogP contribution in [0.1, 0.15) is 24.2 Å². The number of methoxy groups -OCH3 is 1. The average Bonchev–Trinajstić information content (AvgIpc) is 2.30. The summed E-state index contributed by atoms with van der Waals surface area (Å²) >= 11 is 5.98. The minimum Gasteiger partial charge on any atom is -0.465 e. The predicted octanol–water partition coefficient (Wildman–Crippen LogP) is 2.84. The molecule has 0 bridgehead atoms. The Morgan fingerprint density at radius 2 is 2.18 bits per heavy atom. The summed E-state index contributed by atoms with van der Waals surface area (Å²) in [7, 11) is 1.31. The number of halogens is 1. The van der Waals surface area contributed by atoms with E-state index in [4.69, 9.17) is 16.9 Å². The van der Waals surface area contributed by atoms with Crippen molar-refractivity contribution in [1.82, 2.24) is 0 Å². The highest BCUT2D eigenvalue weighted by Gasteiger charge is 2.18. The Hall–Kier alpha value is -1.73. The Labute approximate surface area is 105 Å². The molecule has 0 radical (unpaired) electrons. The van der Waals surface area contributed by atoms with E-state index in [2.05, 4.69) is 16.1 Å². The summed E-state index contributed by atoms with van der Waals surface area (Å²) in [6.07, 6.45) is 0. The normalized spacial score (nSPS) is 10.5. The molecule has 4 nitrogen and oxygen atoms in total. The van der Waals surface area contributed by atoms with Gasteiger partial charge in [-0.25, -0.2) is 4.79 Å².